The van der Waals surface area contributed by atoms with Crippen molar-refractivity contribution in [2.75, 3.05) is 0 Å². The van der Waals surface area contributed by atoms with Crippen molar-refractivity contribution in [2.45, 2.75) is 0 Å². The molecule has 0 aliphatic rings. The van der Waals surface area contributed by atoms with Crippen molar-refractivity contribution in [3.63, 3.8) is 0 Å². The number of hydrogen-bond donors (Lipinski definition) is 1. The second-order valence-corrected chi connectivity index (χ2v) is 18.7. The van der Waals surface area contributed by atoms with E-state index in [1.165, 1.54) is 36.3 Å². The maximum atomic E-state index is 5.40. The SMILES string of the molecule is c1ccc(-c2ccc(-c3nc(-c4cc(-c5ccccc5)c(-n5c6ccccc6c6c7sc8ccccc8c7ccc65)c(-c5ccccc5)c4)nc(-c4ccc5c(c4)[nH]c4ccccc45)n3)cc2)cc1. The van der Waals surface area contributed by atoms with Crippen molar-refractivity contribution in [3.8, 4) is 73.2 Å². The van der Waals surface area contributed by atoms with Crippen LogP contribution in [0.2, 0.25) is 0 Å². The molecule has 0 saturated heterocycles. The fraction of sp³-hybridized carbons (Fsp3) is 0. The molecule has 0 aliphatic carbocycles. The zero-order valence-corrected chi connectivity index (χ0v) is 38.0. The number of thiophene rings is 1. The lowest BCUT2D eigenvalue weighted by Crippen LogP contribution is -2.04. The van der Waals surface area contributed by atoms with Crippen LogP contribution in [0.3, 0.4) is 0 Å². The molecule has 10 aromatic carbocycles. The van der Waals surface area contributed by atoms with Crippen molar-refractivity contribution in [1.29, 1.82) is 0 Å². The molecule has 0 bridgehead atoms. The normalized spacial score (nSPS) is 11.8. The highest BCUT2D eigenvalue weighted by molar-refractivity contribution is 7.26. The third-order valence-electron chi connectivity index (χ3n) is 13.6. The van der Waals surface area contributed by atoms with E-state index in [0.717, 1.165) is 83.2 Å². The molecule has 1 N–H and O–H groups in total. The Balaban J connectivity index is 1.04. The maximum Gasteiger partial charge on any atom is 0.164 e. The van der Waals surface area contributed by atoms with Gasteiger partial charge in [0, 0.05) is 80.6 Å². The van der Waals surface area contributed by atoms with Crippen LogP contribution in [0.1, 0.15) is 0 Å². The number of nitrogens with one attached hydrogen (secondary N) is 1. The molecule has 322 valence electrons. The Morgan fingerprint density at radius 2 is 0.841 bits per heavy atom. The minimum atomic E-state index is 0.592. The summed E-state index contributed by atoms with van der Waals surface area (Å²) in [6.07, 6.45) is 0. The molecular weight excluding hydrogens is 859 g/mol. The second-order valence-electron chi connectivity index (χ2n) is 17.6. The van der Waals surface area contributed by atoms with Crippen molar-refractivity contribution >= 4 is 75.1 Å². The van der Waals surface area contributed by atoms with E-state index in [1.807, 2.05) is 17.4 Å². The van der Waals surface area contributed by atoms with Gasteiger partial charge in [-0.1, -0.05) is 188 Å². The number of rotatable bonds is 7. The van der Waals surface area contributed by atoms with Gasteiger partial charge in [-0.2, -0.15) is 0 Å². The predicted molar refractivity (Wildman–Crippen MR) is 289 cm³/mol. The lowest BCUT2D eigenvalue weighted by atomic mass is 9.92. The van der Waals surface area contributed by atoms with Gasteiger partial charge in [-0.05, 0) is 64.7 Å². The van der Waals surface area contributed by atoms with Crippen LogP contribution in [-0.2, 0) is 0 Å². The van der Waals surface area contributed by atoms with E-state index >= 15 is 0 Å². The van der Waals surface area contributed by atoms with Crippen LogP contribution in [0.5, 0.6) is 0 Å². The minimum absolute atomic E-state index is 0.592. The molecule has 0 radical (unpaired) electrons. The number of aromatic nitrogens is 5. The van der Waals surface area contributed by atoms with E-state index in [1.54, 1.807) is 0 Å². The summed E-state index contributed by atoms with van der Waals surface area (Å²) in [6, 6.07) is 82.3. The largest absolute Gasteiger partial charge is 0.354 e. The number of fused-ring (bicyclic) bond motifs is 10. The predicted octanol–water partition coefficient (Wildman–Crippen LogP) is 17.0. The Morgan fingerprint density at radius 3 is 1.55 bits per heavy atom. The van der Waals surface area contributed by atoms with E-state index in [-0.39, 0.29) is 0 Å². The number of nitrogens with zero attached hydrogens (tertiary/aromatic N) is 4. The summed E-state index contributed by atoms with van der Waals surface area (Å²) in [5, 5.41) is 7.42. The zero-order valence-electron chi connectivity index (χ0n) is 37.1. The fourth-order valence-corrected chi connectivity index (χ4v) is 11.6. The molecule has 0 fully saturated rings. The maximum absolute atomic E-state index is 5.40. The van der Waals surface area contributed by atoms with Crippen LogP contribution >= 0.6 is 11.3 Å². The third-order valence-corrected chi connectivity index (χ3v) is 14.8. The van der Waals surface area contributed by atoms with Crippen molar-refractivity contribution in [3.05, 3.63) is 231 Å². The lowest BCUT2D eigenvalue weighted by molar-refractivity contribution is 1.07. The Bertz CT molecular complexity index is 4220. The second kappa shape index (κ2) is 15.8. The number of benzene rings is 10. The average molecular weight is 898 g/mol. The molecule has 4 aromatic heterocycles. The van der Waals surface area contributed by atoms with Crippen LogP contribution in [0.25, 0.3) is 137 Å². The van der Waals surface area contributed by atoms with Crippen molar-refractivity contribution in [2.24, 2.45) is 0 Å². The van der Waals surface area contributed by atoms with Gasteiger partial charge < -0.3 is 9.55 Å². The molecule has 6 heteroatoms. The summed E-state index contributed by atoms with van der Waals surface area (Å²) in [5.41, 5.74) is 14.9. The minimum Gasteiger partial charge on any atom is -0.354 e. The Hall–Kier alpha value is -8.97. The Labute approximate surface area is 401 Å². The summed E-state index contributed by atoms with van der Waals surface area (Å²) < 4.78 is 5.09. The van der Waals surface area contributed by atoms with Crippen molar-refractivity contribution < 1.29 is 0 Å². The van der Waals surface area contributed by atoms with Crippen LogP contribution < -0.4 is 0 Å². The van der Waals surface area contributed by atoms with Crippen molar-refractivity contribution in [1.82, 2.24) is 24.5 Å². The number of para-hydroxylation sites is 2. The number of H-pyrrole nitrogens is 1. The van der Waals surface area contributed by atoms with Crippen LogP contribution in [0.4, 0.5) is 0 Å². The standard InChI is InChI=1S/C63H39N5S/c1-4-16-39(17-5-1)40-28-30-43(31-29-40)61-65-62(44-32-33-47-46-22-10-13-25-53(46)64-54(47)38-44)67-63(66-61)45-36-51(41-18-6-2-7-19-41)59(52(37-45)42-20-8-3-9-21-42)68-55-26-14-11-24-50(55)58-56(68)35-34-49-48-23-12-15-27-57(48)69-60(49)58/h1-38,64H. The fourth-order valence-electron chi connectivity index (χ4n) is 10.4. The van der Waals surface area contributed by atoms with Gasteiger partial charge in [0.15, 0.2) is 17.5 Å². The van der Waals surface area contributed by atoms with Gasteiger partial charge in [0.25, 0.3) is 0 Å². The van der Waals surface area contributed by atoms with Crippen LogP contribution in [-0.4, -0.2) is 24.5 Å². The van der Waals surface area contributed by atoms with Gasteiger partial charge in [0.1, 0.15) is 0 Å². The third kappa shape index (κ3) is 6.49. The summed E-state index contributed by atoms with van der Waals surface area (Å²) in [7, 11) is 0. The van der Waals surface area contributed by atoms with Crippen LogP contribution in [0.15, 0.2) is 231 Å². The van der Waals surface area contributed by atoms with Gasteiger partial charge in [-0.25, -0.2) is 15.0 Å². The summed E-state index contributed by atoms with van der Waals surface area (Å²) >= 11 is 1.88. The molecule has 0 unspecified atom stereocenters. The summed E-state index contributed by atoms with van der Waals surface area (Å²) in [5.74, 6) is 1.80. The molecule has 5 nitrogen and oxygen atoms in total. The highest BCUT2D eigenvalue weighted by Crippen LogP contribution is 2.47. The zero-order chi connectivity index (χ0) is 45.4. The molecule has 14 aromatic rings. The van der Waals surface area contributed by atoms with Gasteiger partial charge in [-0.15, -0.1) is 11.3 Å². The highest BCUT2D eigenvalue weighted by atomic mass is 32.1. The van der Waals surface area contributed by atoms with Gasteiger partial charge in [-0.3, -0.25) is 0 Å². The monoisotopic (exact) mass is 897 g/mol. The first-order valence-corrected chi connectivity index (χ1v) is 24.1. The lowest BCUT2D eigenvalue weighted by Gasteiger charge is -2.21. The first-order valence-electron chi connectivity index (χ1n) is 23.3. The summed E-state index contributed by atoms with van der Waals surface area (Å²) in [6.45, 7) is 0. The molecule has 69 heavy (non-hydrogen) atoms. The van der Waals surface area contributed by atoms with E-state index in [9.17, 15) is 0 Å². The smallest absolute Gasteiger partial charge is 0.164 e. The van der Waals surface area contributed by atoms with Gasteiger partial charge in [0.05, 0.1) is 16.7 Å². The van der Waals surface area contributed by atoms with Gasteiger partial charge >= 0.3 is 0 Å². The molecule has 0 spiro atoms. The average Bonchev–Trinajstić information content (AvgIpc) is 4.10. The quantitative estimate of drug-likeness (QED) is 0.173. The number of hydrogen-bond acceptors (Lipinski definition) is 4. The van der Waals surface area contributed by atoms with E-state index < -0.39 is 0 Å². The first kappa shape index (κ1) is 39.2. The molecule has 0 amide bonds. The molecule has 0 aliphatic heterocycles. The van der Waals surface area contributed by atoms with E-state index in [4.69, 9.17) is 15.0 Å². The van der Waals surface area contributed by atoms with Gasteiger partial charge in [0.2, 0.25) is 0 Å². The first-order chi connectivity index (χ1) is 34.2. The molecule has 4 heterocycles. The number of aromatic amines is 1. The molecular formula is C63H39N5S. The topological polar surface area (TPSA) is 59.4 Å². The molecule has 0 atom stereocenters. The van der Waals surface area contributed by atoms with E-state index in [0.29, 0.717) is 17.5 Å². The van der Waals surface area contributed by atoms with E-state index in [2.05, 4.69) is 234 Å². The molecule has 0 saturated carbocycles. The Kier molecular flexibility index (Phi) is 9.00. The highest BCUT2D eigenvalue weighted by Gasteiger charge is 2.25. The van der Waals surface area contributed by atoms with Crippen LogP contribution in [0, 0.1) is 0 Å². The molecule has 14 rings (SSSR count). The Morgan fingerprint density at radius 1 is 0.333 bits per heavy atom. The summed E-state index contributed by atoms with van der Waals surface area (Å²) in [4.78, 5) is 19.7.